The minimum Gasteiger partial charge on any atom is -0.496 e. The first-order valence-electron chi connectivity index (χ1n) is 9.45. The fourth-order valence-corrected chi connectivity index (χ4v) is 3.39. The van der Waals surface area contributed by atoms with Gasteiger partial charge in [-0.15, -0.1) is 0 Å². The molecule has 6 nitrogen and oxygen atoms in total. The Balaban J connectivity index is 1.94. The van der Waals surface area contributed by atoms with Gasteiger partial charge in [0, 0.05) is 11.1 Å². The van der Waals surface area contributed by atoms with E-state index in [1.165, 1.54) is 17.3 Å². The average Bonchev–Trinajstić information content (AvgIpc) is 2.77. The zero-order valence-corrected chi connectivity index (χ0v) is 18.2. The van der Waals surface area contributed by atoms with Gasteiger partial charge in [0.05, 0.1) is 12.8 Å². The molecule has 0 spiro atoms. The van der Waals surface area contributed by atoms with E-state index in [1.54, 1.807) is 19.2 Å². The molecule has 0 amide bonds. The van der Waals surface area contributed by atoms with Crippen LogP contribution in [0.5, 0.6) is 11.5 Å². The molecule has 0 atom stereocenters. The van der Waals surface area contributed by atoms with Crippen molar-refractivity contribution >= 4 is 11.8 Å². The van der Waals surface area contributed by atoms with Crippen molar-refractivity contribution in [3.8, 4) is 28.8 Å². The minimum absolute atomic E-state index is 0.0193. The highest BCUT2D eigenvalue weighted by atomic mass is 32.2. The summed E-state index contributed by atoms with van der Waals surface area (Å²) in [5, 5.41) is 9.89. The first-order valence-corrected chi connectivity index (χ1v) is 10.7. The van der Waals surface area contributed by atoms with Crippen molar-refractivity contribution < 1.29 is 9.47 Å². The van der Waals surface area contributed by atoms with Crippen LogP contribution in [0.2, 0.25) is 0 Å². The number of aromatic amines is 1. The molecule has 2 aromatic carbocycles. The Hall–Kier alpha value is -3.24. The first kappa shape index (κ1) is 21.5. The molecular formula is C23H23N3O3S. The van der Waals surface area contributed by atoms with E-state index in [1.807, 2.05) is 30.5 Å². The van der Waals surface area contributed by atoms with Crippen LogP contribution < -0.4 is 15.0 Å². The predicted molar refractivity (Wildman–Crippen MR) is 118 cm³/mol. The molecule has 3 rings (SSSR count). The number of nitrogens with zero attached hydrogens (tertiary/aromatic N) is 2. The predicted octanol–water partition coefficient (Wildman–Crippen LogP) is 4.74. The third-order valence-electron chi connectivity index (χ3n) is 4.70. The minimum atomic E-state index is -0.453. The Morgan fingerprint density at radius 3 is 2.53 bits per heavy atom. The van der Waals surface area contributed by atoms with E-state index in [9.17, 15) is 10.1 Å². The lowest BCUT2D eigenvalue weighted by atomic mass is 10.0. The summed E-state index contributed by atoms with van der Waals surface area (Å²) in [4.78, 5) is 19.3. The quantitative estimate of drug-likeness (QED) is 0.438. The monoisotopic (exact) mass is 421 g/mol. The maximum atomic E-state index is 12.2. The summed E-state index contributed by atoms with van der Waals surface area (Å²) >= 11 is 1.31. The van der Waals surface area contributed by atoms with E-state index < -0.39 is 5.56 Å². The van der Waals surface area contributed by atoms with Crippen molar-refractivity contribution in [2.75, 3.05) is 13.4 Å². The van der Waals surface area contributed by atoms with Crippen LogP contribution in [-0.4, -0.2) is 23.3 Å². The molecule has 0 fully saturated rings. The van der Waals surface area contributed by atoms with Gasteiger partial charge in [0.1, 0.15) is 29.7 Å². The van der Waals surface area contributed by atoms with Crippen molar-refractivity contribution in [2.45, 2.75) is 31.5 Å². The van der Waals surface area contributed by atoms with Crippen molar-refractivity contribution in [3.05, 3.63) is 69.5 Å². The van der Waals surface area contributed by atoms with Gasteiger partial charge >= 0.3 is 0 Å². The second kappa shape index (κ2) is 9.51. The lowest BCUT2D eigenvalue weighted by Gasteiger charge is -2.13. The fraction of sp³-hybridized carbons (Fsp3) is 0.261. The van der Waals surface area contributed by atoms with Gasteiger partial charge in [-0.05, 0) is 48.1 Å². The largest absolute Gasteiger partial charge is 0.496 e. The standard InChI is InChI=1S/C23H23N3O3S/c1-14(2)15-5-8-18(9-6-15)29-13-17-11-16(7-10-20(17)28-3)21-19(12-24)22(27)26-23(25-21)30-4/h5-11,14H,13H2,1-4H3,(H,25,26,27). The topological polar surface area (TPSA) is 88.0 Å². The fourth-order valence-electron chi connectivity index (χ4n) is 3.01. The number of nitriles is 1. The van der Waals surface area contributed by atoms with Crippen LogP contribution in [0.25, 0.3) is 11.3 Å². The summed E-state index contributed by atoms with van der Waals surface area (Å²) in [7, 11) is 1.59. The molecule has 0 saturated heterocycles. The summed E-state index contributed by atoms with van der Waals surface area (Å²) in [6, 6.07) is 15.4. The molecule has 154 valence electrons. The molecular weight excluding hydrogens is 398 g/mol. The Kier molecular flexibility index (Phi) is 6.80. The summed E-state index contributed by atoms with van der Waals surface area (Å²) in [5.74, 6) is 1.87. The Labute approximate surface area is 179 Å². The third kappa shape index (κ3) is 4.66. The number of hydrogen-bond acceptors (Lipinski definition) is 6. The highest BCUT2D eigenvalue weighted by Crippen LogP contribution is 2.29. The number of H-pyrrole nitrogens is 1. The molecule has 1 N–H and O–H groups in total. The number of ether oxygens (including phenoxy) is 2. The van der Waals surface area contributed by atoms with Crippen molar-refractivity contribution in [1.29, 1.82) is 5.26 Å². The highest BCUT2D eigenvalue weighted by Gasteiger charge is 2.15. The summed E-state index contributed by atoms with van der Waals surface area (Å²) < 4.78 is 11.4. The molecule has 0 unspecified atom stereocenters. The van der Waals surface area contributed by atoms with Crippen LogP contribution in [-0.2, 0) is 6.61 Å². The summed E-state index contributed by atoms with van der Waals surface area (Å²) in [5.41, 5.74) is 2.56. The van der Waals surface area contributed by atoms with Crippen LogP contribution in [0.4, 0.5) is 0 Å². The maximum Gasteiger partial charge on any atom is 0.270 e. The zero-order valence-electron chi connectivity index (χ0n) is 17.4. The molecule has 0 saturated carbocycles. The first-order chi connectivity index (χ1) is 14.5. The molecule has 0 aliphatic carbocycles. The lowest BCUT2D eigenvalue weighted by Crippen LogP contribution is -2.14. The second-order valence-electron chi connectivity index (χ2n) is 6.95. The number of benzene rings is 2. The van der Waals surface area contributed by atoms with Crippen molar-refractivity contribution in [1.82, 2.24) is 9.97 Å². The number of aromatic nitrogens is 2. The second-order valence-corrected chi connectivity index (χ2v) is 7.74. The molecule has 7 heteroatoms. The van der Waals surface area contributed by atoms with Gasteiger partial charge in [-0.3, -0.25) is 4.79 Å². The van der Waals surface area contributed by atoms with Gasteiger partial charge in [-0.2, -0.15) is 5.26 Å². The molecule has 30 heavy (non-hydrogen) atoms. The van der Waals surface area contributed by atoms with Crippen molar-refractivity contribution in [3.63, 3.8) is 0 Å². The lowest BCUT2D eigenvalue weighted by molar-refractivity contribution is 0.296. The molecule has 0 aliphatic rings. The number of rotatable bonds is 7. The van der Waals surface area contributed by atoms with Crippen LogP contribution in [0.3, 0.4) is 0 Å². The smallest absolute Gasteiger partial charge is 0.270 e. The molecule has 3 aromatic rings. The normalized spacial score (nSPS) is 10.7. The molecule has 0 bridgehead atoms. The van der Waals surface area contributed by atoms with E-state index >= 15 is 0 Å². The molecule has 1 aromatic heterocycles. The molecule has 0 aliphatic heterocycles. The van der Waals surface area contributed by atoms with Gasteiger partial charge in [0.25, 0.3) is 5.56 Å². The Bertz CT molecular complexity index is 1130. The van der Waals surface area contributed by atoms with Gasteiger partial charge in [0.2, 0.25) is 0 Å². The zero-order chi connectivity index (χ0) is 21.7. The number of thioether (sulfide) groups is 1. The SMILES string of the molecule is COc1ccc(-c2nc(SC)[nH]c(=O)c2C#N)cc1COc1ccc(C(C)C)cc1. The summed E-state index contributed by atoms with van der Waals surface area (Å²) in [6.45, 7) is 4.57. The molecule has 1 heterocycles. The summed E-state index contributed by atoms with van der Waals surface area (Å²) in [6.07, 6.45) is 1.81. The van der Waals surface area contributed by atoms with Gasteiger partial charge in [-0.25, -0.2) is 4.98 Å². The maximum absolute atomic E-state index is 12.2. The van der Waals surface area contributed by atoms with Gasteiger partial charge < -0.3 is 14.5 Å². The van der Waals surface area contributed by atoms with Crippen LogP contribution >= 0.6 is 11.8 Å². The average molecular weight is 422 g/mol. The van der Waals surface area contributed by atoms with Crippen LogP contribution in [0.15, 0.2) is 52.4 Å². The van der Waals surface area contributed by atoms with Gasteiger partial charge in [-0.1, -0.05) is 37.7 Å². The van der Waals surface area contributed by atoms with Gasteiger partial charge in [0.15, 0.2) is 5.16 Å². The highest BCUT2D eigenvalue weighted by molar-refractivity contribution is 7.98. The van der Waals surface area contributed by atoms with E-state index in [2.05, 4.69) is 35.9 Å². The third-order valence-corrected chi connectivity index (χ3v) is 5.28. The van der Waals surface area contributed by atoms with Crippen LogP contribution in [0.1, 0.15) is 36.5 Å². The number of nitrogens with one attached hydrogen (secondary N) is 1. The van der Waals surface area contributed by atoms with E-state index in [4.69, 9.17) is 9.47 Å². The Morgan fingerprint density at radius 1 is 1.20 bits per heavy atom. The van der Waals surface area contributed by atoms with Crippen LogP contribution in [0, 0.1) is 11.3 Å². The Morgan fingerprint density at radius 2 is 1.93 bits per heavy atom. The number of methoxy groups -OCH3 is 1. The number of hydrogen-bond donors (Lipinski definition) is 1. The van der Waals surface area contributed by atoms with E-state index in [-0.39, 0.29) is 12.2 Å². The van der Waals surface area contributed by atoms with Crippen molar-refractivity contribution in [2.24, 2.45) is 0 Å². The molecule has 0 radical (unpaired) electrons. The van der Waals surface area contributed by atoms with E-state index in [0.29, 0.717) is 28.1 Å². The van der Waals surface area contributed by atoms with E-state index in [0.717, 1.165) is 11.3 Å².